The Balaban J connectivity index is 1.93. The van der Waals surface area contributed by atoms with Crippen LogP contribution in [0.3, 0.4) is 0 Å². The molecule has 0 spiro atoms. The molecule has 0 saturated carbocycles. The fourth-order valence-corrected chi connectivity index (χ4v) is 3.72. The van der Waals surface area contributed by atoms with E-state index in [4.69, 9.17) is 23.2 Å². The number of carbonyl (C=O) groups is 1. The van der Waals surface area contributed by atoms with E-state index in [1.165, 1.54) is 4.90 Å². The third kappa shape index (κ3) is 3.22. The maximum Gasteiger partial charge on any atom is 0.274 e. The van der Waals surface area contributed by atoms with Crippen molar-refractivity contribution >= 4 is 29.1 Å². The van der Waals surface area contributed by atoms with Crippen molar-refractivity contribution in [1.29, 1.82) is 0 Å². The zero-order chi connectivity index (χ0) is 19.0. The summed E-state index contributed by atoms with van der Waals surface area (Å²) >= 11 is 12.4. The van der Waals surface area contributed by atoms with Gasteiger partial charge in [-0.25, -0.2) is 9.07 Å². The molecule has 2 heterocycles. The molecule has 4 rings (SSSR count). The van der Waals surface area contributed by atoms with Crippen LogP contribution in [-0.2, 0) is 6.42 Å². The Kier molecular flexibility index (Phi) is 4.89. The molecule has 1 aliphatic rings. The summed E-state index contributed by atoms with van der Waals surface area (Å²) < 4.78 is 14.5. The Morgan fingerprint density at radius 2 is 1.81 bits per heavy atom. The quantitative estimate of drug-likeness (QED) is 0.626. The smallest absolute Gasteiger partial charge is 0.274 e. The highest BCUT2D eigenvalue weighted by Crippen LogP contribution is 2.34. The minimum Gasteiger partial charge on any atom is -0.334 e. The van der Waals surface area contributed by atoms with Gasteiger partial charge in [0.2, 0.25) is 0 Å². The minimum absolute atomic E-state index is 0.0769. The molecule has 1 aromatic heterocycles. The molecule has 1 aliphatic heterocycles. The predicted octanol–water partition coefficient (Wildman–Crippen LogP) is 4.81. The van der Waals surface area contributed by atoms with Gasteiger partial charge >= 0.3 is 0 Å². The van der Waals surface area contributed by atoms with Crippen LogP contribution < -0.4 is 0 Å². The Bertz CT molecular complexity index is 1000. The molecule has 0 fully saturated rings. The molecular weight excluding hydrogens is 388 g/mol. The Hall–Kier alpha value is -2.37. The highest BCUT2D eigenvalue weighted by molar-refractivity contribution is 6.32. The molecule has 138 valence electrons. The van der Waals surface area contributed by atoms with Gasteiger partial charge in [0.05, 0.1) is 16.4 Å². The van der Waals surface area contributed by atoms with Crippen molar-refractivity contribution in [3.8, 4) is 16.9 Å². The first kappa shape index (κ1) is 18.0. The van der Waals surface area contributed by atoms with Crippen molar-refractivity contribution < 1.29 is 9.18 Å². The molecular formula is C20H16Cl2FN3O. The lowest BCUT2D eigenvalue weighted by Crippen LogP contribution is -2.38. The number of para-hydroxylation sites is 1. The largest absolute Gasteiger partial charge is 0.334 e. The first-order valence-electron chi connectivity index (χ1n) is 8.58. The highest BCUT2D eigenvalue weighted by Gasteiger charge is 2.32. The molecule has 0 bridgehead atoms. The first-order valence-corrected chi connectivity index (χ1v) is 9.33. The van der Waals surface area contributed by atoms with Gasteiger partial charge in [0.1, 0.15) is 6.67 Å². The maximum absolute atomic E-state index is 12.8. The van der Waals surface area contributed by atoms with E-state index in [1.807, 2.05) is 30.3 Å². The number of nitrogens with zero attached hydrogens (tertiary/aromatic N) is 3. The first-order chi connectivity index (χ1) is 13.1. The van der Waals surface area contributed by atoms with Crippen molar-refractivity contribution in [2.24, 2.45) is 0 Å². The zero-order valence-electron chi connectivity index (χ0n) is 14.3. The van der Waals surface area contributed by atoms with Crippen LogP contribution in [-0.4, -0.2) is 40.4 Å². The standard InChI is InChI=1S/C20H16Cl2FN3O/c21-14-7-5-13(6-8-14)19-15-9-11-25(12-10-23)20(27)18(15)24-26(19)17-4-2-1-3-16(17)22/h1-8H,9-12H2. The van der Waals surface area contributed by atoms with Gasteiger partial charge < -0.3 is 4.90 Å². The lowest BCUT2D eigenvalue weighted by atomic mass is 9.99. The van der Waals surface area contributed by atoms with Crippen LogP contribution in [0.5, 0.6) is 0 Å². The second kappa shape index (κ2) is 7.33. The van der Waals surface area contributed by atoms with Crippen LogP contribution in [0.2, 0.25) is 10.0 Å². The monoisotopic (exact) mass is 403 g/mol. The second-order valence-electron chi connectivity index (χ2n) is 6.28. The van der Waals surface area contributed by atoms with Crippen LogP contribution in [0.1, 0.15) is 16.1 Å². The lowest BCUT2D eigenvalue weighted by Gasteiger charge is -2.25. The number of rotatable bonds is 4. The Labute approximate surface area is 166 Å². The van der Waals surface area contributed by atoms with Gasteiger partial charge in [-0.1, -0.05) is 47.5 Å². The van der Waals surface area contributed by atoms with E-state index in [9.17, 15) is 9.18 Å². The number of aromatic nitrogens is 2. The summed E-state index contributed by atoms with van der Waals surface area (Å²) in [6.45, 7) is -0.0333. The van der Waals surface area contributed by atoms with Gasteiger partial charge in [-0.3, -0.25) is 4.79 Å². The second-order valence-corrected chi connectivity index (χ2v) is 7.12. The summed E-state index contributed by atoms with van der Waals surface area (Å²) in [6.07, 6.45) is 0.601. The van der Waals surface area contributed by atoms with E-state index in [2.05, 4.69) is 5.10 Å². The van der Waals surface area contributed by atoms with Gasteiger partial charge in [0.15, 0.2) is 5.69 Å². The number of fused-ring (bicyclic) bond motifs is 1. The van der Waals surface area contributed by atoms with E-state index < -0.39 is 6.67 Å². The van der Waals surface area contributed by atoms with Gasteiger partial charge in [0, 0.05) is 29.2 Å². The number of amides is 1. The molecule has 7 heteroatoms. The number of carbonyl (C=O) groups excluding carboxylic acids is 1. The molecule has 3 aromatic rings. The SMILES string of the molecule is O=C1c2nn(-c3ccccc3Cl)c(-c3ccc(Cl)cc3)c2CCN1CCF. The number of alkyl halides is 1. The summed E-state index contributed by atoms with van der Waals surface area (Å²) in [5, 5.41) is 5.73. The van der Waals surface area contributed by atoms with E-state index >= 15 is 0 Å². The van der Waals surface area contributed by atoms with Gasteiger partial charge in [0.25, 0.3) is 5.91 Å². The van der Waals surface area contributed by atoms with Crippen molar-refractivity contribution in [2.45, 2.75) is 6.42 Å². The van der Waals surface area contributed by atoms with Crippen LogP contribution in [0, 0.1) is 0 Å². The molecule has 0 aliphatic carbocycles. The van der Waals surface area contributed by atoms with Crippen molar-refractivity contribution in [3.63, 3.8) is 0 Å². The predicted molar refractivity (Wildman–Crippen MR) is 105 cm³/mol. The molecule has 0 saturated heterocycles. The van der Waals surface area contributed by atoms with E-state index in [0.29, 0.717) is 34.4 Å². The van der Waals surface area contributed by atoms with E-state index in [1.54, 1.807) is 22.9 Å². The van der Waals surface area contributed by atoms with Crippen molar-refractivity contribution in [2.75, 3.05) is 19.8 Å². The maximum atomic E-state index is 12.8. The topological polar surface area (TPSA) is 38.1 Å². The van der Waals surface area contributed by atoms with Crippen LogP contribution in [0.25, 0.3) is 16.9 Å². The fraction of sp³-hybridized carbons (Fsp3) is 0.200. The van der Waals surface area contributed by atoms with Gasteiger partial charge in [-0.2, -0.15) is 5.10 Å². The van der Waals surface area contributed by atoms with Crippen molar-refractivity contribution in [1.82, 2.24) is 14.7 Å². The summed E-state index contributed by atoms with van der Waals surface area (Å²) in [6, 6.07) is 14.7. The highest BCUT2D eigenvalue weighted by atomic mass is 35.5. The fourth-order valence-electron chi connectivity index (χ4n) is 3.37. The van der Waals surface area contributed by atoms with E-state index in [-0.39, 0.29) is 12.5 Å². The molecule has 0 unspecified atom stereocenters. The Morgan fingerprint density at radius 3 is 2.52 bits per heavy atom. The van der Waals surface area contributed by atoms with Gasteiger partial charge in [-0.05, 0) is 30.7 Å². The lowest BCUT2D eigenvalue weighted by molar-refractivity contribution is 0.0722. The number of halogens is 3. The zero-order valence-corrected chi connectivity index (χ0v) is 15.8. The molecule has 27 heavy (non-hydrogen) atoms. The number of hydrogen-bond donors (Lipinski definition) is 0. The van der Waals surface area contributed by atoms with Crippen LogP contribution >= 0.6 is 23.2 Å². The normalized spacial score (nSPS) is 13.7. The van der Waals surface area contributed by atoms with E-state index in [0.717, 1.165) is 16.8 Å². The summed E-state index contributed by atoms with van der Waals surface area (Å²) in [4.78, 5) is 14.3. The van der Waals surface area contributed by atoms with Crippen molar-refractivity contribution in [3.05, 3.63) is 69.8 Å². The summed E-state index contributed by atoms with van der Waals surface area (Å²) in [5.74, 6) is -0.255. The number of hydrogen-bond acceptors (Lipinski definition) is 2. The van der Waals surface area contributed by atoms with Crippen LogP contribution in [0.15, 0.2) is 48.5 Å². The molecule has 0 N–H and O–H groups in total. The molecule has 0 atom stereocenters. The van der Waals surface area contributed by atoms with Gasteiger partial charge in [-0.15, -0.1) is 0 Å². The number of benzene rings is 2. The minimum atomic E-state index is -0.573. The third-order valence-corrected chi connectivity index (χ3v) is 5.23. The Morgan fingerprint density at radius 1 is 1.07 bits per heavy atom. The summed E-state index contributed by atoms with van der Waals surface area (Å²) in [5.41, 5.74) is 3.57. The molecule has 2 aromatic carbocycles. The average Bonchev–Trinajstić information content (AvgIpc) is 3.05. The molecule has 4 nitrogen and oxygen atoms in total. The molecule has 1 amide bonds. The molecule has 0 radical (unpaired) electrons. The third-order valence-electron chi connectivity index (χ3n) is 4.66. The average molecular weight is 404 g/mol. The van der Waals surface area contributed by atoms with Crippen LogP contribution in [0.4, 0.5) is 4.39 Å². The summed E-state index contributed by atoms with van der Waals surface area (Å²) in [7, 11) is 0.